The van der Waals surface area contributed by atoms with Crippen molar-refractivity contribution in [3.05, 3.63) is 52.8 Å². The summed E-state index contributed by atoms with van der Waals surface area (Å²) >= 11 is 6.00. The van der Waals surface area contributed by atoms with Gasteiger partial charge < -0.3 is 24.1 Å². The summed E-state index contributed by atoms with van der Waals surface area (Å²) in [5.41, 5.74) is 1.01. The molecule has 0 amide bonds. The summed E-state index contributed by atoms with van der Waals surface area (Å²) in [6.07, 6.45) is -1.59. The molecule has 178 valence electrons. The first-order valence-electron chi connectivity index (χ1n) is 10.4. The van der Waals surface area contributed by atoms with E-state index in [-0.39, 0.29) is 41.0 Å². The lowest BCUT2D eigenvalue weighted by Gasteiger charge is -2.14. The van der Waals surface area contributed by atoms with Gasteiger partial charge in [0.15, 0.2) is 5.65 Å². The zero-order chi connectivity index (χ0) is 24.0. The van der Waals surface area contributed by atoms with Crippen molar-refractivity contribution in [1.29, 1.82) is 0 Å². The molecule has 1 aliphatic heterocycles. The van der Waals surface area contributed by atoms with E-state index in [9.17, 15) is 18.3 Å². The molecule has 12 heteroatoms. The molecule has 8 nitrogen and oxygen atoms in total. The van der Waals surface area contributed by atoms with E-state index in [1.165, 1.54) is 10.6 Å². The van der Waals surface area contributed by atoms with Gasteiger partial charge in [-0.15, -0.1) is 0 Å². The summed E-state index contributed by atoms with van der Waals surface area (Å²) in [6.45, 7) is 2.61. The summed E-state index contributed by atoms with van der Waals surface area (Å²) in [5, 5.41) is 16.3. The molecule has 1 saturated heterocycles. The number of hydrogen-bond donors (Lipinski definition) is 2. The van der Waals surface area contributed by atoms with Crippen LogP contribution in [-0.2, 0) is 6.18 Å². The standard InChI is InChI=1S/C22H19ClF3N5O3/c1-11-4-14(33-15-6-13(10-32)27-7-15)2-3-16(11)19-29-21(34-30-19)18-9-31-8-12(22(24,25)26)5-17(23)20(31)28-18/h2-5,8-9,13,15,27,32H,6-7,10H2,1H3/t13-,15-/m0/s1. The number of rotatable bonds is 5. The van der Waals surface area contributed by atoms with Crippen LogP contribution in [0, 0.1) is 6.92 Å². The fourth-order valence-electron chi connectivity index (χ4n) is 3.92. The fourth-order valence-corrected chi connectivity index (χ4v) is 4.17. The van der Waals surface area contributed by atoms with Crippen molar-refractivity contribution >= 4 is 17.2 Å². The molecular weight excluding hydrogens is 475 g/mol. The van der Waals surface area contributed by atoms with E-state index < -0.39 is 11.7 Å². The molecule has 4 heterocycles. The number of aliphatic hydroxyl groups excluding tert-OH is 1. The molecule has 0 saturated carbocycles. The van der Waals surface area contributed by atoms with Gasteiger partial charge in [-0.05, 0) is 36.8 Å². The van der Waals surface area contributed by atoms with Gasteiger partial charge >= 0.3 is 6.18 Å². The number of ether oxygens (including phenoxy) is 1. The molecule has 0 radical (unpaired) electrons. The lowest BCUT2D eigenvalue weighted by atomic mass is 10.1. The third-order valence-corrected chi connectivity index (χ3v) is 5.90. The summed E-state index contributed by atoms with van der Waals surface area (Å²) in [7, 11) is 0. The lowest BCUT2D eigenvalue weighted by Crippen LogP contribution is -2.25. The van der Waals surface area contributed by atoms with Crippen LogP contribution in [0.5, 0.6) is 5.75 Å². The molecule has 1 aliphatic rings. The van der Waals surface area contributed by atoms with Gasteiger partial charge in [-0.2, -0.15) is 18.2 Å². The quantitative estimate of drug-likeness (QED) is 0.431. The summed E-state index contributed by atoms with van der Waals surface area (Å²) in [4.78, 5) is 8.61. The number of pyridine rings is 1. The number of hydrogen-bond acceptors (Lipinski definition) is 7. The van der Waals surface area contributed by atoms with Gasteiger partial charge in [-0.1, -0.05) is 16.8 Å². The minimum absolute atomic E-state index is 0.0288. The number of alkyl halides is 3. The Bertz CT molecular complexity index is 1350. The highest BCUT2D eigenvalue weighted by molar-refractivity contribution is 6.33. The summed E-state index contributed by atoms with van der Waals surface area (Å²) in [5.74, 6) is 1.04. The smallest absolute Gasteiger partial charge is 0.417 e. The SMILES string of the molecule is Cc1cc(O[C@@H]2CN[C@H](CO)C2)ccc1-c1noc(-c2cn3cc(C(F)(F)F)cc(Cl)c3n2)n1. The summed E-state index contributed by atoms with van der Waals surface area (Å²) < 4.78 is 51.7. The molecule has 2 atom stereocenters. The zero-order valence-electron chi connectivity index (χ0n) is 17.8. The number of imidazole rings is 1. The van der Waals surface area contributed by atoms with Gasteiger partial charge in [-0.25, -0.2) is 4.98 Å². The molecule has 3 aromatic heterocycles. The molecule has 2 N–H and O–H groups in total. The van der Waals surface area contributed by atoms with Gasteiger partial charge in [0, 0.05) is 37.0 Å². The van der Waals surface area contributed by atoms with Crippen molar-refractivity contribution < 1.29 is 27.5 Å². The molecule has 5 rings (SSSR count). The van der Waals surface area contributed by atoms with E-state index in [1.54, 1.807) is 12.1 Å². The molecule has 1 aromatic carbocycles. The van der Waals surface area contributed by atoms with Crippen LogP contribution in [0.2, 0.25) is 5.02 Å². The highest BCUT2D eigenvalue weighted by Crippen LogP contribution is 2.33. The lowest BCUT2D eigenvalue weighted by molar-refractivity contribution is -0.137. The topological polar surface area (TPSA) is 97.7 Å². The second kappa shape index (κ2) is 8.57. The maximum absolute atomic E-state index is 13.1. The second-order valence-corrected chi connectivity index (χ2v) is 8.50. The average Bonchev–Trinajstić information content (AvgIpc) is 3.52. The van der Waals surface area contributed by atoms with Crippen molar-refractivity contribution in [1.82, 2.24) is 24.8 Å². The highest BCUT2D eigenvalue weighted by atomic mass is 35.5. The molecular formula is C22H19ClF3N5O3. The van der Waals surface area contributed by atoms with Crippen LogP contribution in [0.3, 0.4) is 0 Å². The Morgan fingerprint density at radius 3 is 2.79 bits per heavy atom. The molecule has 34 heavy (non-hydrogen) atoms. The fraction of sp³-hybridized carbons (Fsp3) is 0.318. The maximum atomic E-state index is 13.1. The maximum Gasteiger partial charge on any atom is 0.417 e. The Hall–Kier alpha value is -3.15. The van der Waals surface area contributed by atoms with Crippen molar-refractivity contribution in [2.24, 2.45) is 0 Å². The normalized spacial score (nSPS) is 18.6. The minimum atomic E-state index is -4.54. The number of aromatic nitrogens is 4. The van der Waals surface area contributed by atoms with Crippen LogP contribution in [0.4, 0.5) is 13.2 Å². The molecule has 0 spiro atoms. The third-order valence-electron chi connectivity index (χ3n) is 5.62. The molecule has 1 fully saturated rings. The van der Waals surface area contributed by atoms with E-state index in [2.05, 4.69) is 20.4 Å². The van der Waals surface area contributed by atoms with Gasteiger partial charge in [0.25, 0.3) is 5.89 Å². The Kier molecular flexibility index (Phi) is 5.70. The van der Waals surface area contributed by atoms with E-state index in [0.29, 0.717) is 23.7 Å². The predicted molar refractivity (Wildman–Crippen MR) is 117 cm³/mol. The van der Waals surface area contributed by atoms with Crippen LogP contribution < -0.4 is 10.1 Å². The van der Waals surface area contributed by atoms with Crippen LogP contribution in [-0.4, -0.2) is 49.9 Å². The van der Waals surface area contributed by atoms with Crippen molar-refractivity contribution in [2.45, 2.75) is 31.7 Å². The predicted octanol–water partition coefficient (Wildman–Crippen LogP) is 4.13. The van der Waals surface area contributed by atoms with Crippen molar-refractivity contribution in [2.75, 3.05) is 13.2 Å². The van der Waals surface area contributed by atoms with Gasteiger partial charge in [0.2, 0.25) is 5.82 Å². The van der Waals surface area contributed by atoms with Crippen LogP contribution >= 0.6 is 11.6 Å². The average molecular weight is 494 g/mol. The number of fused-ring (bicyclic) bond motifs is 1. The first kappa shape index (κ1) is 22.6. The zero-order valence-corrected chi connectivity index (χ0v) is 18.6. The number of nitrogens with zero attached hydrogens (tertiary/aromatic N) is 4. The number of nitrogens with one attached hydrogen (secondary N) is 1. The first-order valence-corrected chi connectivity index (χ1v) is 10.8. The summed E-state index contributed by atoms with van der Waals surface area (Å²) in [6, 6.07) is 6.33. The Balaban J connectivity index is 1.38. The van der Waals surface area contributed by atoms with Crippen LogP contribution in [0.25, 0.3) is 28.6 Å². The number of halogens is 4. The number of aliphatic hydroxyl groups is 1. The first-order chi connectivity index (χ1) is 16.2. The minimum Gasteiger partial charge on any atom is -0.489 e. The van der Waals surface area contributed by atoms with E-state index in [1.807, 2.05) is 13.0 Å². The van der Waals surface area contributed by atoms with E-state index in [0.717, 1.165) is 24.2 Å². The van der Waals surface area contributed by atoms with Crippen molar-refractivity contribution in [3.63, 3.8) is 0 Å². The largest absolute Gasteiger partial charge is 0.489 e. The number of aryl methyl sites for hydroxylation is 1. The molecule has 0 aliphatic carbocycles. The third kappa shape index (κ3) is 4.33. The van der Waals surface area contributed by atoms with Gasteiger partial charge in [-0.3, -0.25) is 0 Å². The molecule has 0 bridgehead atoms. The van der Waals surface area contributed by atoms with Gasteiger partial charge in [0.05, 0.1) is 17.2 Å². The number of benzene rings is 1. The Morgan fingerprint density at radius 1 is 1.26 bits per heavy atom. The Morgan fingerprint density at radius 2 is 2.09 bits per heavy atom. The van der Waals surface area contributed by atoms with Crippen LogP contribution in [0.15, 0.2) is 41.2 Å². The monoisotopic (exact) mass is 493 g/mol. The van der Waals surface area contributed by atoms with Crippen molar-refractivity contribution in [3.8, 4) is 28.7 Å². The molecule has 4 aromatic rings. The van der Waals surface area contributed by atoms with E-state index >= 15 is 0 Å². The van der Waals surface area contributed by atoms with E-state index in [4.69, 9.17) is 20.9 Å². The molecule has 0 unspecified atom stereocenters. The van der Waals surface area contributed by atoms with Gasteiger partial charge in [0.1, 0.15) is 17.5 Å². The highest BCUT2D eigenvalue weighted by Gasteiger charge is 2.32. The second-order valence-electron chi connectivity index (χ2n) is 8.09. The Labute approximate surface area is 196 Å². The van der Waals surface area contributed by atoms with Crippen LogP contribution in [0.1, 0.15) is 17.5 Å².